The number of carbonyl (C=O) groups excluding carboxylic acids is 1. The molecule has 1 amide bonds. The molecule has 7 nitrogen and oxygen atoms in total. The van der Waals surface area contributed by atoms with Crippen LogP contribution in [0.1, 0.15) is 26.8 Å². The van der Waals surface area contributed by atoms with Crippen molar-refractivity contribution in [1.29, 1.82) is 0 Å². The average Bonchev–Trinajstić information content (AvgIpc) is 3.59. The highest BCUT2D eigenvalue weighted by Gasteiger charge is 2.24. The second kappa shape index (κ2) is 10.3. The van der Waals surface area contributed by atoms with Crippen molar-refractivity contribution in [2.24, 2.45) is 0 Å². The van der Waals surface area contributed by atoms with Crippen molar-refractivity contribution in [2.75, 3.05) is 32.8 Å². The molecule has 1 aliphatic heterocycles. The van der Waals surface area contributed by atoms with Crippen LogP contribution in [0.15, 0.2) is 70.5 Å². The summed E-state index contributed by atoms with van der Waals surface area (Å²) in [4.78, 5) is 16.5. The van der Waals surface area contributed by atoms with Gasteiger partial charge in [-0.05, 0) is 54.8 Å². The van der Waals surface area contributed by atoms with Crippen LogP contribution in [-0.4, -0.2) is 53.9 Å². The number of amides is 1. The Morgan fingerprint density at radius 2 is 1.65 bits per heavy atom. The van der Waals surface area contributed by atoms with Gasteiger partial charge >= 0.3 is 0 Å². The number of aromatic nitrogens is 2. The predicted octanol–water partition coefficient (Wildman–Crippen LogP) is 4.58. The minimum absolute atomic E-state index is 0.104. The lowest BCUT2D eigenvalue weighted by atomic mass is 10.1. The summed E-state index contributed by atoms with van der Waals surface area (Å²) in [5.74, 6) is 0.791. The number of morpholine rings is 1. The molecular formula is C26H26N4O3S. The molecule has 5 rings (SSSR count). The van der Waals surface area contributed by atoms with E-state index in [1.54, 1.807) is 23.5 Å². The van der Waals surface area contributed by atoms with E-state index in [0.29, 0.717) is 23.9 Å². The maximum atomic E-state index is 12.9. The summed E-state index contributed by atoms with van der Waals surface area (Å²) in [6, 6.07) is 19.5. The zero-order valence-electron chi connectivity index (χ0n) is 18.9. The third kappa shape index (κ3) is 5.09. The van der Waals surface area contributed by atoms with Crippen LogP contribution in [0.25, 0.3) is 22.9 Å². The van der Waals surface area contributed by atoms with Gasteiger partial charge in [-0.2, -0.15) is 0 Å². The molecule has 0 bridgehead atoms. The van der Waals surface area contributed by atoms with Gasteiger partial charge in [-0.25, -0.2) is 0 Å². The molecule has 1 N–H and O–H groups in total. The molecule has 8 heteroatoms. The van der Waals surface area contributed by atoms with Gasteiger partial charge in [0.25, 0.3) is 5.91 Å². The quantitative estimate of drug-likeness (QED) is 0.422. The van der Waals surface area contributed by atoms with Gasteiger partial charge in [-0.15, -0.1) is 21.5 Å². The Morgan fingerprint density at radius 1 is 1.00 bits per heavy atom. The smallest absolute Gasteiger partial charge is 0.251 e. The number of aryl methyl sites for hydroxylation is 1. The minimum Gasteiger partial charge on any atom is -0.416 e. The first-order valence-electron chi connectivity index (χ1n) is 11.3. The minimum atomic E-state index is -0.104. The Kier molecular flexibility index (Phi) is 6.80. The third-order valence-electron chi connectivity index (χ3n) is 5.93. The standard InChI is InChI=1S/C26H26N4O3S/c1-18-4-6-20(7-5-18)25-28-29-26(33-25)21-10-8-19(9-11-21)24(31)27-17-22(23-3-2-16-34-23)30-12-14-32-15-13-30/h2-11,16,22H,12-15,17H2,1H3,(H,27,31)/t22-/m0/s1. The van der Waals surface area contributed by atoms with Gasteiger partial charge in [0, 0.05) is 41.2 Å². The summed E-state index contributed by atoms with van der Waals surface area (Å²) in [6.07, 6.45) is 0. The summed E-state index contributed by atoms with van der Waals surface area (Å²) < 4.78 is 11.3. The lowest BCUT2D eigenvalue weighted by molar-refractivity contribution is 0.0169. The molecule has 1 aliphatic rings. The van der Waals surface area contributed by atoms with Crippen molar-refractivity contribution >= 4 is 17.2 Å². The molecule has 0 aliphatic carbocycles. The van der Waals surface area contributed by atoms with E-state index in [1.807, 2.05) is 43.3 Å². The number of carbonyl (C=O) groups is 1. The largest absolute Gasteiger partial charge is 0.416 e. The number of hydrogen-bond acceptors (Lipinski definition) is 7. The molecule has 3 heterocycles. The second-order valence-corrected chi connectivity index (χ2v) is 9.22. The average molecular weight is 475 g/mol. The molecule has 4 aromatic rings. The van der Waals surface area contributed by atoms with Crippen molar-refractivity contribution in [3.8, 4) is 22.9 Å². The van der Waals surface area contributed by atoms with E-state index in [2.05, 4.69) is 37.9 Å². The van der Waals surface area contributed by atoms with Gasteiger partial charge in [-0.1, -0.05) is 23.8 Å². The van der Waals surface area contributed by atoms with E-state index in [4.69, 9.17) is 9.15 Å². The Bertz CT molecular complexity index is 1210. The number of hydrogen-bond donors (Lipinski definition) is 1. The fourth-order valence-corrected chi connectivity index (χ4v) is 4.85. The second-order valence-electron chi connectivity index (χ2n) is 8.25. The summed E-state index contributed by atoms with van der Waals surface area (Å²) in [5, 5.41) is 13.5. The highest BCUT2D eigenvalue weighted by molar-refractivity contribution is 7.10. The maximum Gasteiger partial charge on any atom is 0.251 e. The van der Waals surface area contributed by atoms with Gasteiger partial charge in [0.15, 0.2) is 0 Å². The first-order chi connectivity index (χ1) is 16.7. The van der Waals surface area contributed by atoms with Crippen LogP contribution in [0, 0.1) is 6.92 Å². The van der Waals surface area contributed by atoms with E-state index >= 15 is 0 Å². The van der Waals surface area contributed by atoms with Gasteiger partial charge in [-0.3, -0.25) is 9.69 Å². The van der Waals surface area contributed by atoms with Crippen molar-refractivity contribution in [3.05, 3.63) is 82.0 Å². The molecular weight excluding hydrogens is 448 g/mol. The van der Waals surface area contributed by atoms with E-state index in [0.717, 1.165) is 37.4 Å². The van der Waals surface area contributed by atoms with Crippen molar-refractivity contribution < 1.29 is 13.9 Å². The molecule has 1 atom stereocenters. The number of thiophene rings is 1. The Morgan fingerprint density at radius 3 is 2.26 bits per heavy atom. The van der Waals surface area contributed by atoms with Crippen LogP contribution in [0.5, 0.6) is 0 Å². The molecule has 1 saturated heterocycles. The SMILES string of the molecule is Cc1ccc(-c2nnc(-c3ccc(C(=O)NC[C@@H](c4cccs4)N4CCOCC4)cc3)o2)cc1. The van der Waals surface area contributed by atoms with Crippen LogP contribution in [0.2, 0.25) is 0 Å². The van der Waals surface area contributed by atoms with Crippen LogP contribution in [0.4, 0.5) is 0 Å². The summed E-state index contributed by atoms with van der Waals surface area (Å²) in [6.45, 7) is 5.75. The zero-order valence-corrected chi connectivity index (χ0v) is 19.8. The Balaban J connectivity index is 1.24. The molecule has 2 aromatic heterocycles. The topological polar surface area (TPSA) is 80.5 Å². The van der Waals surface area contributed by atoms with Crippen molar-refractivity contribution in [2.45, 2.75) is 13.0 Å². The predicted molar refractivity (Wildman–Crippen MR) is 132 cm³/mol. The van der Waals surface area contributed by atoms with Crippen molar-refractivity contribution in [1.82, 2.24) is 20.4 Å². The molecule has 0 saturated carbocycles. The lowest BCUT2D eigenvalue weighted by Crippen LogP contribution is -2.43. The lowest BCUT2D eigenvalue weighted by Gasteiger charge is -2.34. The van der Waals surface area contributed by atoms with Crippen LogP contribution in [-0.2, 0) is 4.74 Å². The number of benzene rings is 2. The van der Waals surface area contributed by atoms with Crippen LogP contribution >= 0.6 is 11.3 Å². The maximum absolute atomic E-state index is 12.9. The number of ether oxygens (including phenoxy) is 1. The van der Waals surface area contributed by atoms with Gasteiger partial charge < -0.3 is 14.5 Å². The normalized spacial score (nSPS) is 15.2. The monoisotopic (exact) mass is 474 g/mol. The molecule has 34 heavy (non-hydrogen) atoms. The Labute approximate surface area is 202 Å². The summed E-state index contributed by atoms with van der Waals surface area (Å²) in [7, 11) is 0. The molecule has 0 unspecified atom stereocenters. The Hall–Kier alpha value is -3.33. The highest BCUT2D eigenvalue weighted by Crippen LogP contribution is 2.26. The third-order valence-corrected chi connectivity index (χ3v) is 6.91. The fraction of sp³-hybridized carbons (Fsp3) is 0.269. The fourth-order valence-electron chi connectivity index (χ4n) is 3.99. The van der Waals surface area contributed by atoms with Crippen LogP contribution in [0.3, 0.4) is 0 Å². The first kappa shape index (κ1) is 22.5. The van der Waals surface area contributed by atoms with E-state index in [-0.39, 0.29) is 11.9 Å². The number of rotatable bonds is 7. The van der Waals surface area contributed by atoms with E-state index in [9.17, 15) is 4.79 Å². The number of nitrogens with one attached hydrogen (secondary N) is 1. The zero-order chi connectivity index (χ0) is 23.3. The first-order valence-corrected chi connectivity index (χ1v) is 12.2. The van der Waals surface area contributed by atoms with Crippen molar-refractivity contribution in [3.63, 3.8) is 0 Å². The van der Waals surface area contributed by atoms with E-state index < -0.39 is 0 Å². The highest BCUT2D eigenvalue weighted by atomic mass is 32.1. The van der Waals surface area contributed by atoms with Gasteiger partial charge in [0.1, 0.15) is 0 Å². The molecule has 2 aromatic carbocycles. The molecule has 0 radical (unpaired) electrons. The number of nitrogens with zero attached hydrogens (tertiary/aromatic N) is 3. The molecule has 174 valence electrons. The van der Waals surface area contributed by atoms with Crippen LogP contribution < -0.4 is 5.32 Å². The summed E-state index contributed by atoms with van der Waals surface area (Å²) in [5.41, 5.74) is 3.41. The van der Waals surface area contributed by atoms with Gasteiger partial charge in [0.2, 0.25) is 11.8 Å². The van der Waals surface area contributed by atoms with E-state index in [1.165, 1.54) is 10.4 Å². The van der Waals surface area contributed by atoms with Gasteiger partial charge in [0.05, 0.1) is 19.3 Å². The molecule has 1 fully saturated rings. The molecule has 0 spiro atoms. The summed E-state index contributed by atoms with van der Waals surface area (Å²) >= 11 is 1.72.